The zero-order chi connectivity index (χ0) is 47.1. The number of pyridine rings is 1. The first-order chi connectivity index (χ1) is 31.6. The fourth-order valence-electron chi connectivity index (χ4n) is 9.01. The molecule has 5 aromatic rings. The molecule has 2 aromatic heterocycles. The molecule has 0 spiro atoms. The van der Waals surface area contributed by atoms with Gasteiger partial charge >= 0.3 is 0 Å². The van der Waals surface area contributed by atoms with Gasteiger partial charge in [0, 0.05) is 56.3 Å². The molecular formula is C50H58Cl2N8O6. The zero-order valence-electron chi connectivity index (χ0n) is 38.4. The summed E-state index contributed by atoms with van der Waals surface area (Å²) in [5, 5.41) is 3.92. The number of amides is 4. The number of methoxy groups -OCH3 is 1. The molecule has 4 atom stereocenters. The summed E-state index contributed by atoms with van der Waals surface area (Å²) in [5.41, 5.74) is 3.10. The van der Waals surface area contributed by atoms with Crippen molar-refractivity contribution in [3.63, 3.8) is 0 Å². The summed E-state index contributed by atoms with van der Waals surface area (Å²) in [7, 11) is 9.12. The molecule has 3 aromatic carbocycles. The molecule has 348 valence electrons. The molecule has 0 unspecified atom stereocenters. The van der Waals surface area contributed by atoms with Crippen LogP contribution in [0.15, 0.2) is 97.3 Å². The number of hydrogen-bond donors (Lipinski definition) is 1. The predicted octanol–water partition coefficient (Wildman–Crippen LogP) is 6.82. The summed E-state index contributed by atoms with van der Waals surface area (Å²) in [6.07, 6.45) is 5.17. The molecule has 2 bridgehead atoms. The second-order valence-corrected chi connectivity index (χ2v) is 18.6. The number of nitrogens with zero attached hydrogens (tertiary/aromatic N) is 7. The molecular weight excluding hydrogens is 880 g/mol. The Balaban J connectivity index is 1.23. The van der Waals surface area contributed by atoms with E-state index in [1.807, 2.05) is 96.2 Å². The highest BCUT2D eigenvalue weighted by atomic mass is 35.5. The van der Waals surface area contributed by atoms with Crippen molar-refractivity contribution in [3.05, 3.63) is 130 Å². The van der Waals surface area contributed by atoms with E-state index in [1.165, 1.54) is 12.0 Å². The Kier molecular flexibility index (Phi) is 15.5. The lowest BCUT2D eigenvalue weighted by molar-refractivity contribution is -0.153. The number of fused-ring (bicyclic) bond motifs is 2. The Morgan fingerprint density at radius 3 is 2.32 bits per heavy atom. The van der Waals surface area contributed by atoms with Crippen molar-refractivity contribution >= 4 is 46.8 Å². The van der Waals surface area contributed by atoms with Crippen LogP contribution in [0.25, 0.3) is 11.4 Å². The molecule has 2 fully saturated rings. The summed E-state index contributed by atoms with van der Waals surface area (Å²) in [5.74, 6) is -0.662. The second kappa shape index (κ2) is 21.2. The fraction of sp³-hybridized carbons (Fsp3) is 0.400. The van der Waals surface area contributed by atoms with Gasteiger partial charge in [0.1, 0.15) is 29.4 Å². The molecule has 0 saturated carbocycles. The van der Waals surface area contributed by atoms with Gasteiger partial charge in [-0.25, -0.2) is 4.98 Å². The Hall–Kier alpha value is -5.80. The molecule has 4 heterocycles. The van der Waals surface area contributed by atoms with Gasteiger partial charge in [-0.2, -0.15) is 0 Å². The fourth-order valence-corrected chi connectivity index (χ4v) is 9.30. The van der Waals surface area contributed by atoms with E-state index >= 15 is 4.79 Å². The number of benzene rings is 3. The highest BCUT2D eigenvalue weighted by Crippen LogP contribution is 2.35. The molecule has 7 rings (SSSR count). The van der Waals surface area contributed by atoms with E-state index in [0.29, 0.717) is 71.6 Å². The molecule has 0 radical (unpaired) electrons. The number of halogens is 2. The standard InChI is InChI=1S/C50H58Cl2N8O6/c1-33-47(62)55-42(31-65-6)49(64)58(5)50(26-35-13-16-38(51)17-14-35)21-10-22-59(32-50)48(63)37(23-34-11-8-7-9-12-34)24-46(61)60(33)29-36-15-18-39(52)25-44(36)66-40-19-20-41(53-27-40)43-28-54-45(57(43)4)30-56(2)3/h7-9,11-20,25,27-28,33,37,42H,10,21-24,26,29-32H2,1-6H3,(H,55,62)/t33-,37+,42-,50+/m0/s1. The van der Waals surface area contributed by atoms with Crippen LogP contribution >= 0.6 is 23.2 Å². The van der Waals surface area contributed by atoms with E-state index in [4.69, 9.17) is 32.7 Å². The number of aromatic nitrogens is 3. The van der Waals surface area contributed by atoms with Crippen molar-refractivity contribution < 1.29 is 28.7 Å². The normalized spacial score (nSPS) is 21.0. The average Bonchev–Trinajstić information content (AvgIpc) is 3.66. The monoisotopic (exact) mass is 936 g/mol. The Labute approximate surface area is 396 Å². The highest BCUT2D eigenvalue weighted by Gasteiger charge is 2.46. The molecule has 1 N–H and O–H groups in total. The summed E-state index contributed by atoms with van der Waals surface area (Å²) < 4.78 is 13.9. The van der Waals surface area contributed by atoms with E-state index in [9.17, 15) is 14.4 Å². The third-order valence-corrected chi connectivity index (χ3v) is 13.2. The van der Waals surface area contributed by atoms with Crippen molar-refractivity contribution in [1.29, 1.82) is 0 Å². The number of ether oxygens (including phenoxy) is 2. The molecule has 2 aliphatic heterocycles. The highest BCUT2D eigenvalue weighted by molar-refractivity contribution is 6.31. The van der Waals surface area contributed by atoms with Crippen LogP contribution in [0, 0.1) is 5.92 Å². The van der Waals surface area contributed by atoms with E-state index in [-0.39, 0.29) is 37.9 Å². The third-order valence-electron chi connectivity index (χ3n) is 12.7. The lowest BCUT2D eigenvalue weighted by atomic mass is 9.80. The van der Waals surface area contributed by atoms with Gasteiger partial charge in [-0.15, -0.1) is 0 Å². The van der Waals surface area contributed by atoms with Crippen LogP contribution in [0.1, 0.15) is 48.7 Å². The smallest absolute Gasteiger partial charge is 0.247 e. The van der Waals surface area contributed by atoms with E-state index in [1.54, 1.807) is 55.5 Å². The quantitative estimate of drug-likeness (QED) is 0.135. The second-order valence-electron chi connectivity index (χ2n) is 17.7. The first-order valence-corrected chi connectivity index (χ1v) is 22.9. The summed E-state index contributed by atoms with van der Waals surface area (Å²) >= 11 is 12.8. The Morgan fingerprint density at radius 2 is 1.62 bits per heavy atom. The number of rotatable bonds is 13. The Bertz CT molecular complexity index is 2500. The maximum atomic E-state index is 15.0. The maximum Gasteiger partial charge on any atom is 0.247 e. The predicted molar refractivity (Wildman–Crippen MR) is 254 cm³/mol. The van der Waals surface area contributed by atoms with Crippen LogP contribution < -0.4 is 10.1 Å². The van der Waals surface area contributed by atoms with Gasteiger partial charge in [0.05, 0.1) is 54.9 Å². The van der Waals surface area contributed by atoms with Crippen LogP contribution in [0.5, 0.6) is 11.5 Å². The minimum Gasteiger partial charge on any atom is -0.455 e. The number of piperidine rings is 1. The van der Waals surface area contributed by atoms with Gasteiger partial charge in [-0.3, -0.25) is 24.2 Å². The summed E-state index contributed by atoms with van der Waals surface area (Å²) in [6.45, 7) is 2.78. The van der Waals surface area contributed by atoms with Crippen molar-refractivity contribution in [2.24, 2.45) is 13.0 Å². The summed E-state index contributed by atoms with van der Waals surface area (Å²) in [6, 6.07) is 23.6. The number of carbonyl (C=O) groups excluding carboxylic acids is 4. The van der Waals surface area contributed by atoms with Crippen molar-refractivity contribution in [2.75, 3.05) is 47.9 Å². The topological polar surface area (TPSA) is 142 Å². The van der Waals surface area contributed by atoms with Gasteiger partial charge in [0.15, 0.2) is 0 Å². The molecule has 2 aliphatic rings. The van der Waals surface area contributed by atoms with Gasteiger partial charge in [0.25, 0.3) is 0 Å². The van der Waals surface area contributed by atoms with Crippen molar-refractivity contribution in [3.8, 4) is 22.9 Å². The van der Waals surface area contributed by atoms with Gasteiger partial charge in [-0.05, 0) is 94.2 Å². The molecule has 4 amide bonds. The maximum absolute atomic E-state index is 15.0. The van der Waals surface area contributed by atoms with Crippen molar-refractivity contribution in [2.45, 2.75) is 69.7 Å². The van der Waals surface area contributed by atoms with Crippen LogP contribution in [0.4, 0.5) is 0 Å². The molecule has 0 aliphatic carbocycles. The van der Waals surface area contributed by atoms with Crippen LogP contribution in [0.3, 0.4) is 0 Å². The third kappa shape index (κ3) is 11.2. The Morgan fingerprint density at radius 1 is 0.879 bits per heavy atom. The molecule has 66 heavy (non-hydrogen) atoms. The molecule has 14 nitrogen and oxygen atoms in total. The lowest BCUT2D eigenvalue weighted by Crippen LogP contribution is -2.65. The van der Waals surface area contributed by atoms with E-state index in [0.717, 1.165) is 22.6 Å². The first-order valence-electron chi connectivity index (χ1n) is 22.2. The lowest BCUT2D eigenvalue weighted by Gasteiger charge is -2.50. The number of imidazole rings is 1. The van der Waals surface area contributed by atoms with Gasteiger partial charge in [-0.1, -0.05) is 71.7 Å². The molecule has 16 heteroatoms. The van der Waals surface area contributed by atoms with Gasteiger partial charge < -0.3 is 39.0 Å². The van der Waals surface area contributed by atoms with E-state index < -0.39 is 35.4 Å². The average molecular weight is 938 g/mol. The number of carbonyl (C=O) groups is 4. The largest absolute Gasteiger partial charge is 0.455 e. The summed E-state index contributed by atoms with van der Waals surface area (Å²) in [4.78, 5) is 75.5. The number of nitrogens with one attached hydrogen (secondary N) is 1. The first kappa shape index (κ1) is 48.1. The zero-order valence-corrected chi connectivity index (χ0v) is 39.9. The van der Waals surface area contributed by atoms with E-state index in [2.05, 4.69) is 15.3 Å². The molecule has 2 saturated heterocycles. The van der Waals surface area contributed by atoms with Crippen LogP contribution in [0.2, 0.25) is 10.0 Å². The van der Waals surface area contributed by atoms with Crippen LogP contribution in [-0.2, 0) is 56.9 Å². The number of hydrogen-bond acceptors (Lipinski definition) is 9. The minimum absolute atomic E-state index is 0.0853. The minimum atomic E-state index is -1.10. The van der Waals surface area contributed by atoms with Crippen molar-refractivity contribution in [1.82, 2.24) is 39.5 Å². The van der Waals surface area contributed by atoms with Crippen LogP contribution in [-0.4, -0.2) is 123 Å². The number of likely N-dealkylation sites (N-methyl/N-ethyl adjacent to an activating group) is 1. The van der Waals surface area contributed by atoms with Gasteiger partial charge in [0.2, 0.25) is 23.6 Å². The SMILES string of the molecule is COC[C@@H]1NC(=O)[C@H](C)N(Cc2ccc(Cl)cc2Oc2ccc(-c3cnc(CN(C)C)n3C)nc2)C(=O)C[C@@H](Cc2ccccc2)C(=O)N2CCC[C@@](Cc3ccc(Cl)cc3)(C2)N(C)C1=O.